The maximum Gasteiger partial charge on any atom is 0.233 e. The topological polar surface area (TPSA) is 246 Å². The van der Waals surface area contributed by atoms with Crippen molar-refractivity contribution in [2.45, 2.75) is 181 Å². The van der Waals surface area contributed by atoms with Crippen LogP contribution in [0.3, 0.4) is 0 Å². The SMILES string of the molecule is CC1(F)CC(C(=O)N2CCn3nc(OCc4ccccc4)cc3C2)C1.O=C(C1CC1)N1CCn2nc(OCc3ccccc3)cc2C1.O=C(C1CC1c1ccccc1)N1CCn2nc(OCc3ccccc3)cc2C1.O=C(C1CCCC1)N1CCn2nc(OCc3ccccc3)cc2C1.O=C(C1CCOC1)N1CCn2nc(OCc3ccccc3)cc2C1. The number of hydrogen-bond acceptors (Lipinski definition) is 16. The summed E-state index contributed by atoms with van der Waals surface area (Å²) in [5.74, 6) is 5.16. The van der Waals surface area contributed by atoms with E-state index in [4.69, 9.17) is 28.4 Å². The average molecular weight is 1670 g/mol. The smallest absolute Gasteiger partial charge is 0.233 e. The van der Waals surface area contributed by atoms with Crippen molar-refractivity contribution in [1.29, 1.82) is 0 Å². The van der Waals surface area contributed by atoms with Crippen LogP contribution in [0.25, 0.3) is 0 Å². The number of rotatable bonds is 21. The molecule has 10 aliphatic rings. The van der Waals surface area contributed by atoms with E-state index >= 15 is 0 Å². The third kappa shape index (κ3) is 21.6. The van der Waals surface area contributed by atoms with Crippen LogP contribution in [0.1, 0.15) is 139 Å². The maximum absolute atomic E-state index is 13.6. The van der Waals surface area contributed by atoms with Crippen molar-refractivity contribution in [1.82, 2.24) is 73.4 Å². The highest BCUT2D eigenvalue weighted by molar-refractivity contribution is 5.84. The summed E-state index contributed by atoms with van der Waals surface area (Å²) in [4.78, 5) is 72.3. The van der Waals surface area contributed by atoms with Crippen LogP contribution in [0.5, 0.6) is 29.4 Å². The predicted molar refractivity (Wildman–Crippen MR) is 455 cm³/mol. The molecule has 0 N–H and O–H groups in total. The quantitative estimate of drug-likeness (QED) is 0.0649. The van der Waals surface area contributed by atoms with Gasteiger partial charge in [-0.05, 0) is 97.6 Å². The number of fused-ring (bicyclic) bond motifs is 5. The fourth-order valence-electron chi connectivity index (χ4n) is 17.3. The summed E-state index contributed by atoms with van der Waals surface area (Å²) in [5, 5.41) is 22.5. The zero-order valence-corrected chi connectivity index (χ0v) is 69.9. The van der Waals surface area contributed by atoms with Crippen LogP contribution in [0.2, 0.25) is 0 Å². The number of halogens is 1. The largest absolute Gasteiger partial charge is 0.472 e. The molecular formula is C96H108FN15O11. The fourth-order valence-corrected chi connectivity index (χ4v) is 17.3. The lowest BCUT2D eigenvalue weighted by atomic mass is 9.73. The van der Waals surface area contributed by atoms with Gasteiger partial charge in [0.25, 0.3) is 0 Å². The van der Waals surface area contributed by atoms with Gasteiger partial charge in [-0.1, -0.05) is 195 Å². The summed E-state index contributed by atoms with van der Waals surface area (Å²) < 4.78 is 57.7. The Morgan fingerprint density at radius 3 is 0.911 bits per heavy atom. The van der Waals surface area contributed by atoms with E-state index in [-0.39, 0.29) is 47.3 Å². The van der Waals surface area contributed by atoms with Gasteiger partial charge in [-0.2, -0.15) is 0 Å². The monoisotopic (exact) mass is 1670 g/mol. The van der Waals surface area contributed by atoms with E-state index in [2.05, 4.69) is 37.6 Å². The minimum Gasteiger partial charge on any atom is -0.472 e. The van der Waals surface area contributed by atoms with Gasteiger partial charge >= 0.3 is 0 Å². The number of amides is 5. The van der Waals surface area contributed by atoms with E-state index in [1.807, 2.05) is 248 Å². The van der Waals surface area contributed by atoms with Crippen LogP contribution in [0, 0.1) is 29.6 Å². The fraction of sp³-hybridized carbons (Fsp3) is 0.417. The molecule has 5 amide bonds. The van der Waals surface area contributed by atoms with Gasteiger partial charge in [-0.15, -0.1) is 25.5 Å². The number of carbonyl (C=O) groups excluding carboxylic acids is 5. The molecular weight excluding hydrogens is 1560 g/mol. The second kappa shape index (κ2) is 38.8. The molecule has 123 heavy (non-hydrogen) atoms. The van der Waals surface area contributed by atoms with Crippen molar-refractivity contribution in [2.75, 3.05) is 45.9 Å². The Kier molecular flexibility index (Phi) is 26.1. The van der Waals surface area contributed by atoms with Gasteiger partial charge in [-0.3, -0.25) is 47.4 Å². The van der Waals surface area contributed by atoms with Crippen molar-refractivity contribution in [3.63, 3.8) is 0 Å². The zero-order chi connectivity index (χ0) is 84.0. The first kappa shape index (κ1) is 82.9. The highest BCUT2D eigenvalue weighted by atomic mass is 19.1. The Hall–Kier alpha value is -12.4. The summed E-state index contributed by atoms with van der Waals surface area (Å²) in [6.45, 7) is 15.5. The standard InChI is InChI=1S/C23H23N3O2.C19H22FN3O2.C19H23N3O2.C18H21N3O3.C17H19N3O2/c27-23(21-14-20(21)18-9-5-2-6-10-18)25-11-12-26-19(15-25)13-22(24-26)28-16-17-7-3-1-4-8-17;1-19(20)10-15(11-19)18(24)22-7-8-23-16(12-22)9-17(21-23)25-13-14-5-3-2-4-6-14;23-19(16-8-4-5-9-16)21-10-11-22-17(13-21)12-18(20-22)24-14-15-6-2-1-3-7-15;22-18(15-6-9-23-13-15)20-7-8-21-16(11-20)10-17(19-21)24-12-14-4-2-1-3-5-14;21-17(14-6-7-14)19-8-9-20-15(11-19)10-16(18-20)22-12-13-4-2-1-3-5-13/h1-10,13,20-21H,11-12,14-16H2;2-6,9,15H,7-8,10-13H2,1H3;1-3,6-7,12,16H,4-5,8-11,13-14H2;1-5,10,15H,6-9,11-13H2;1-5,10,14H,6-9,11-12H2. The van der Waals surface area contributed by atoms with Gasteiger partial charge in [0.15, 0.2) is 0 Å². The van der Waals surface area contributed by atoms with Gasteiger partial charge in [-0.25, -0.2) is 4.39 Å². The molecule has 5 fully saturated rings. The van der Waals surface area contributed by atoms with Crippen LogP contribution in [-0.4, -0.2) is 155 Å². The molecule has 0 radical (unpaired) electrons. The van der Waals surface area contributed by atoms with E-state index in [0.29, 0.717) is 172 Å². The number of aromatic nitrogens is 10. The van der Waals surface area contributed by atoms with Crippen LogP contribution in [0.15, 0.2) is 212 Å². The second-order valence-corrected chi connectivity index (χ2v) is 33.8. The predicted octanol–water partition coefficient (Wildman–Crippen LogP) is 13.6. The first-order valence-electron chi connectivity index (χ1n) is 43.6. The molecule has 4 aliphatic carbocycles. The zero-order valence-electron chi connectivity index (χ0n) is 69.9. The Morgan fingerprint density at radius 2 is 0.626 bits per heavy atom. The third-order valence-corrected chi connectivity index (χ3v) is 24.5. The minimum atomic E-state index is -1.17. The van der Waals surface area contributed by atoms with Gasteiger partial charge < -0.3 is 52.9 Å². The van der Waals surface area contributed by atoms with Crippen LogP contribution in [0.4, 0.5) is 4.39 Å². The summed E-state index contributed by atoms with van der Waals surface area (Å²) in [6.07, 6.45) is 9.09. The highest BCUT2D eigenvalue weighted by Gasteiger charge is 2.48. The molecule has 27 heteroatoms. The van der Waals surface area contributed by atoms with Crippen LogP contribution >= 0.6 is 0 Å². The number of carbonyl (C=O) groups is 5. The summed E-state index contributed by atoms with van der Waals surface area (Å²) in [6, 6.07) is 70.2. The first-order chi connectivity index (χ1) is 60.2. The van der Waals surface area contributed by atoms with Gasteiger partial charge in [0.2, 0.25) is 58.9 Å². The number of hydrogen-bond donors (Lipinski definition) is 0. The summed E-state index contributed by atoms with van der Waals surface area (Å²) >= 11 is 0. The lowest BCUT2D eigenvalue weighted by Crippen LogP contribution is -2.49. The van der Waals surface area contributed by atoms with Crippen molar-refractivity contribution >= 4 is 29.5 Å². The molecule has 21 rings (SSSR count). The van der Waals surface area contributed by atoms with Crippen molar-refractivity contribution < 1.29 is 56.8 Å². The van der Waals surface area contributed by atoms with Gasteiger partial charge in [0, 0.05) is 93.3 Å². The Bertz CT molecular complexity index is 5230. The molecule has 6 aliphatic heterocycles. The van der Waals surface area contributed by atoms with Crippen molar-refractivity contribution in [3.05, 3.63) is 274 Å². The van der Waals surface area contributed by atoms with Gasteiger partial charge in [0.1, 0.15) is 38.7 Å². The molecule has 5 aromatic heterocycles. The lowest BCUT2D eigenvalue weighted by Gasteiger charge is -2.41. The molecule has 26 nitrogen and oxygen atoms in total. The van der Waals surface area contributed by atoms with Crippen molar-refractivity contribution in [2.24, 2.45) is 29.6 Å². The summed E-state index contributed by atoms with van der Waals surface area (Å²) in [7, 11) is 0. The van der Waals surface area contributed by atoms with E-state index in [0.717, 1.165) is 128 Å². The van der Waals surface area contributed by atoms with Gasteiger partial charge in [0.05, 0.1) is 106 Å². The molecule has 0 bridgehead atoms. The summed E-state index contributed by atoms with van der Waals surface area (Å²) in [5.41, 5.74) is 10.8. The van der Waals surface area contributed by atoms with Crippen LogP contribution in [-0.2, 0) is 127 Å². The lowest BCUT2D eigenvalue weighted by molar-refractivity contribution is -0.145. The molecule has 11 heterocycles. The van der Waals surface area contributed by atoms with Crippen molar-refractivity contribution in [3.8, 4) is 29.4 Å². The normalized spacial score (nSPS) is 20.2. The number of nitrogens with zero attached hydrogens (tertiary/aromatic N) is 15. The molecule has 6 aromatic carbocycles. The highest BCUT2D eigenvalue weighted by Crippen LogP contribution is 2.49. The van der Waals surface area contributed by atoms with E-state index < -0.39 is 5.67 Å². The first-order valence-corrected chi connectivity index (χ1v) is 43.6. The van der Waals surface area contributed by atoms with E-state index in [9.17, 15) is 28.4 Å². The van der Waals surface area contributed by atoms with Crippen LogP contribution < -0.4 is 23.7 Å². The molecule has 3 unspecified atom stereocenters. The number of ether oxygens (including phenoxy) is 6. The number of alkyl halides is 1. The molecule has 1 saturated heterocycles. The van der Waals surface area contributed by atoms with E-state index in [1.54, 1.807) is 6.92 Å². The minimum absolute atomic E-state index is 0.0215. The number of benzene rings is 6. The molecule has 4 saturated carbocycles. The second-order valence-electron chi connectivity index (χ2n) is 33.8. The maximum atomic E-state index is 13.6. The van der Waals surface area contributed by atoms with E-state index in [1.165, 1.54) is 18.4 Å². The molecule has 640 valence electrons. The third-order valence-electron chi connectivity index (χ3n) is 24.5. The Labute approximate surface area is 716 Å². The molecule has 0 spiro atoms. The average Bonchev–Trinajstić information content (AvgIpc) is 1.76. The Balaban J connectivity index is 0.000000109. The molecule has 3 atom stereocenters. The molecule has 11 aromatic rings. The Morgan fingerprint density at radius 1 is 0.350 bits per heavy atom.